The predicted molar refractivity (Wildman–Crippen MR) is 90.4 cm³/mol. The normalized spacial score (nSPS) is 21.4. The van der Waals surface area contributed by atoms with Crippen molar-refractivity contribution in [3.8, 4) is 0 Å². The number of hydrogen-bond acceptors (Lipinski definition) is 5. The van der Waals surface area contributed by atoms with E-state index < -0.39 is 0 Å². The molecule has 5 nitrogen and oxygen atoms in total. The molecule has 2 unspecified atom stereocenters. The Bertz CT molecular complexity index is 701. The van der Waals surface area contributed by atoms with Crippen LogP contribution in [0.15, 0.2) is 29.6 Å². The predicted octanol–water partition coefficient (Wildman–Crippen LogP) is 2.51. The lowest BCUT2D eigenvalue weighted by Crippen LogP contribution is -2.48. The van der Waals surface area contributed by atoms with E-state index >= 15 is 0 Å². The quantitative estimate of drug-likeness (QED) is 0.938. The molecular formula is C17H21N3O2S. The molecule has 23 heavy (non-hydrogen) atoms. The van der Waals surface area contributed by atoms with Gasteiger partial charge in [0.2, 0.25) is 0 Å². The third-order valence-electron chi connectivity index (χ3n) is 4.17. The monoisotopic (exact) mass is 331 g/mol. The zero-order chi connectivity index (χ0) is 16.4. The highest BCUT2D eigenvalue weighted by atomic mass is 32.1. The Morgan fingerprint density at radius 3 is 2.96 bits per heavy atom. The van der Waals surface area contributed by atoms with Crippen LogP contribution in [0.5, 0.6) is 0 Å². The number of hydrogen-bond donors (Lipinski definition) is 1. The first-order valence-electron chi connectivity index (χ1n) is 7.72. The Labute approximate surface area is 140 Å². The number of nitrogens with two attached hydrogens (primary N) is 1. The summed E-state index contributed by atoms with van der Waals surface area (Å²) >= 11 is 1.43. The molecule has 2 N–H and O–H groups in total. The molecule has 2 atom stereocenters. The van der Waals surface area contributed by atoms with Crippen LogP contribution in [0.25, 0.3) is 0 Å². The highest BCUT2D eigenvalue weighted by Crippen LogP contribution is 2.28. The number of nitrogens with zero attached hydrogens (tertiary/aromatic N) is 2. The van der Waals surface area contributed by atoms with Gasteiger partial charge in [0.05, 0.1) is 19.2 Å². The van der Waals surface area contributed by atoms with E-state index in [1.165, 1.54) is 16.9 Å². The molecule has 2 heterocycles. The first-order chi connectivity index (χ1) is 11.1. The van der Waals surface area contributed by atoms with Crippen LogP contribution in [0.2, 0.25) is 0 Å². The SMILES string of the molecule is Cc1ccccc1C1CN(C(=O)c2csc(CN)n2)C(C)CO1. The molecule has 0 bridgehead atoms. The number of amides is 1. The maximum Gasteiger partial charge on any atom is 0.273 e. The van der Waals surface area contributed by atoms with Crippen molar-refractivity contribution < 1.29 is 9.53 Å². The van der Waals surface area contributed by atoms with Crippen molar-refractivity contribution in [3.63, 3.8) is 0 Å². The van der Waals surface area contributed by atoms with Gasteiger partial charge < -0.3 is 15.4 Å². The smallest absolute Gasteiger partial charge is 0.273 e. The number of carbonyl (C=O) groups is 1. The van der Waals surface area contributed by atoms with Crippen LogP contribution in [0.3, 0.4) is 0 Å². The van der Waals surface area contributed by atoms with E-state index in [1.54, 1.807) is 5.38 Å². The lowest BCUT2D eigenvalue weighted by molar-refractivity contribution is -0.0490. The molecule has 1 aliphatic rings. The minimum atomic E-state index is -0.0936. The summed E-state index contributed by atoms with van der Waals surface area (Å²) in [6.45, 7) is 5.50. The molecule has 0 radical (unpaired) electrons. The number of thiazole rings is 1. The number of aryl methyl sites for hydroxylation is 1. The van der Waals surface area contributed by atoms with E-state index in [9.17, 15) is 4.79 Å². The van der Waals surface area contributed by atoms with E-state index in [0.29, 0.717) is 25.4 Å². The number of morpholine rings is 1. The molecular weight excluding hydrogens is 310 g/mol. The molecule has 122 valence electrons. The van der Waals surface area contributed by atoms with E-state index in [0.717, 1.165) is 10.6 Å². The van der Waals surface area contributed by atoms with Gasteiger partial charge in [0.15, 0.2) is 0 Å². The maximum atomic E-state index is 12.8. The highest BCUT2D eigenvalue weighted by molar-refractivity contribution is 7.09. The molecule has 1 aliphatic heterocycles. The number of ether oxygens (including phenoxy) is 1. The van der Waals surface area contributed by atoms with Crippen LogP contribution in [0.1, 0.15) is 39.7 Å². The lowest BCUT2D eigenvalue weighted by atomic mass is 10.0. The van der Waals surface area contributed by atoms with Gasteiger partial charge in [0, 0.05) is 11.9 Å². The van der Waals surface area contributed by atoms with Crippen molar-refractivity contribution in [2.45, 2.75) is 32.5 Å². The van der Waals surface area contributed by atoms with E-state index in [2.05, 4.69) is 24.0 Å². The van der Waals surface area contributed by atoms with Crippen LogP contribution in [-0.4, -0.2) is 35.0 Å². The lowest BCUT2D eigenvalue weighted by Gasteiger charge is -2.38. The van der Waals surface area contributed by atoms with Crippen LogP contribution in [0, 0.1) is 6.92 Å². The zero-order valence-electron chi connectivity index (χ0n) is 13.4. The van der Waals surface area contributed by atoms with Gasteiger partial charge in [-0.05, 0) is 25.0 Å². The van der Waals surface area contributed by atoms with Gasteiger partial charge in [-0.15, -0.1) is 11.3 Å². The van der Waals surface area contributed by atoms with Gasteiger partial charge in [-0.25, -0.2) is 4.98 Å². The summed E-state index contributed by atoms with van der Waals surface area (Å²) in [5, 5.41) is 2.57. The largest absolute Gasteiger partial charge is 0.370 e. The Hall–Kier alpha value is -1.76. The second-order valence-corrected chi connectivity index (χ2v) is 6.76. The highest BCUT2D eigenvalue weighted by Gasteiger charge is 2.32. The summed E-state index contributed by atoms with van der Waals surface area (Å²) in [5.41, 5.74) is 8.38. The van der Waals surface area contributed by atoms with Crippen molar-refractivity contribution in [1.29, 1.82) is 0 Å². The van der Waals surface area contributed by atoms with Gasteiger partial charge in [0.1, 0.15) is 16.8 Å². The van der Waals surface area contributed by atoms with E-state index in [1.807, 2.05) is 24.0 Å². The van der Waals surface area contributed by atoms with Gasteiger partial charge in [-0.1, -0.05) is 24.3 Å². The molecule has 6 heteroatoms. The first-order valence-corrected chi connectivity index (χ1v) is 8.60. The summed E-state index contributed by atoms with van der Waals surface area (Å²) in [6.07, 6.45) is -0.0936. The minimum absolute atomic E-state index is 0.0331. The number of aromatic nitrogens is 1. The average Bonchev–Trinajstić information content (AvgIpc) is 3.04. The maximum absolute atomic E-state index is 12.8. The van der Waals surface area contributed by atoms with Crippen molar-refractivity contribution in [2.75, 3.05) is 13.2 Å². The number of carbonyl (C=O) groups excluding carboxylic acids is 1. The Kier molecular flexibility index (Phi) is 4.75. The van der Waals surface area contributed by atoms with Crippen molar-refractivity contribution >= 4 is 17.2 Å². The van der Waals surface area contributed by atoms with Crippen molar-refractivity contribution in [3.05, 3.63) is 51.5 Å². The van der Waals surface area contributed by atoms with Crippen LogP contribution < -0.4 is 5.73 Å². The topological polar surface area (TPSA) is 68.5 Å². The molecule has 0 saturated carbocycles. The molecule has 1 amide bonds. The molecule has 0 aliphatic carbocycles. The average molecular weight is 331 g/mol. The van der Waals surface area contributed by atoms with Gasteiger partial charge in [-0.2, -0.15) is 0 Å². The molecule has 2 aromatic rings. The van der Waals surface area contributed by atoms with Crippen molar-refractivity contribution in [1.82, 2.24) is 9.88 Å². The van der Waals surface area contributed by atoms with Crippen LogP contribution >= 0.6 is 11.3 Å². The summed E-state index contributed by atoms with van der Waals surface area (Å²) in [6, 6.07) is 8.18. The fourth-order valence-electron chi connectivity index (χ4n) is 2.83. The molecule has 1 saturated heterocycles. The minimum Gasteiger partial charge on any atom is -0.370 e. The molecule has 1 fully saturated rings. The Balaban J connectivity index is 1.81. The molecule has 1 aromatic heterocycles. The third kappa shape index (κ3) is 3.29. The van der Waals surface area contributed by atoms with Gasteiger partial charge >= 0.3 is 0 Å². The number of rotatable bonds is 3. The second-order valence-electron chi connectivity index (χ2n) is 5.82. The summed E-state index contributed by atoms with van der Waals surface area (Å²) in [5.74, 6) is -0.0460. The fraction of sp³-hybridized carbons (Fsp3) is 0.412. The Morgan fingerprint density at radius 1 is 1.48 bits per heavy atom. The summed E-state index contributed by atoms with van der Waals surface area (Å²) in [7, 11) is 0. The van der Waals surface area contributed by atoms with Crippen LogP contribution in [-0.2, 0) is 11.3 Å². The van der Waals surface area contributed by atoms with Crippen molar-refractivity contribution in [2.24, 2.45) is 5.73 Å². The van der Waals surface area contributed by atoms with Gasteiger partial charge in [0.25, 0.3) is 5.91 Å². The van der Waals surface area contributed by atoms with E-state index in [4.69, 9.17) is 10.5 Å². The molecule has 1 aromatic carbocycles. The first kappa shape index (κ1) is 16.1. The molecule has 0 spiro atoms. The second kappa shape index (κ2) is 6.78. The van der Waals surface area contributed by atoms with Gasteiger partial charge in [-0.3, -0.25) is 4.79 Å². The van der Waals surface area contributed by atoms with Crippen LogP contribution in [0.4, 0.5) is 0 Å². The number of benzene rings is 1. The Morgan fingerprint density at radius 2 is 2.26 bits per heavy atom. The standard InChI is InChI=1S/C17H21N3O2S/c1-11-5-3-4-6-13(11)15-8-20(12(2)9-22-15)17(21)14-10-23-16(7-18)19-14/h3-6,10,12,15H,7-9,18H2,1-2H3. The summed E-state index contributed by atoms with van der Waals surface area (Å²) in [4.78, 5) is 18.9. The fourth-order valence-corrected chi connectivity index (χ4v) is 3.47. The molecule has 3 rings (SSSR count). The van der Waals surface area contributed by atoms with E-state index in [-0.39, 0.29) is 18.1 Å². The third-order valence-corrected chi connectivity index (χ3v) is 5.05. The summed E-state index contributed by atoms with van der Waals surface area (Å²) < 4.78 is 5.97. The zero-order valence-corrected chi connectivity index (χ0v) is 14.2.